The minimum absolute atomic E-state index is 0.143. The van der Waals surface area contributed by atoms with E-state index in [9.17, 15) is 9.18 Å². The monoisotopic (exact) mass is 365 g/mol. The second-order valence-electron chi connectivity index (χ2n) is 6.09. The number of nitrogens with one attached hydrogen (secondary N) is 1. The van der Waals surface area contributed by atoms with Gasteiger partial charge >= 0.3 is 0 Å². The van der Waals surface area contributed by atoms with Crippen molar-refractivity contribution in [2.75, 3.05) is 5.32 Å². The molecule has 2 heterocycles. The molecule has 0 saturated heterocycles. The molecule has 4 rings (SSSR count). The molecule has 0 aliphatic rings. The number of rotatable bonds is 4. The number of aromatic nitrogens is 2. The van der Waals surface area contributed by atoms with Crippen LogP contribution in [-0.2, 0) is 11.2 Å². The predicted octanol–water partition coefficient (Wildman–Crippen LogP) is 4.69. The summed E-state index contributed by atoms with van der Waals surface area (Å²) in [6.45, 7) is 2.04. The first-order chi connectivity index (χ1) is 12.6. The van der Waals surface area contributed by atoms with Crippen LogP contribution in [0.3, 0.4) is 0 Å². The summed E-state index contributed by atoms with van der Waals surface area (Å²) < 4.78 is 15.0. The zero-order chi connectivity index (χ0) is 18.1. The number of thiazole rings is 1. The summed E-state index contributed by atoms with van der Waals surface area (Å²) in [5.74, 6) is -0.451. The Hall–Kier alpha value is -2.99. The Bertz CT molecular complexity index is 1080. The van der Waals surface area contributed by atoms with Crippen molar-refractivity contribution < 1.29 is 9.18 Å². The molecule has 1 N–H and O–H groups in total. The molecule has 4 aromatic rings. The summed E-state index contributed by atoms with van der Waals surface area (Å²) in [5.41, 5.74) is 4.44. The molecule has 2 aromatic carbocycles. The van der Waals surface area contributed by atoms with Crippen LogP contribution >= 0.6 is 11.3 Å². The number of imidazole rings is 1. The van der Waals surface area contributed by atoms with Gasteiger partial charge < -0.3 is 5.32 Å². The van der Waals surface area contributed by atoms with Gasteiger partial charge in [-0.25, -0.2) is 9.37 Å². The Balaban J connectivity index is 1.51. The van der Waals surface area contributed by atoms with E-state index >= 15 is 0 Å². The van der Waals surface area contributed by atoms with Crippen molar-refractivity contribution in [1.82, 2.24) is 9.38 Å². The largest absolute Gasteiger partial charge is 0.326 e. The molecule has 0 saturated carbocycles. The SMILES string of the molecule is Cc1csc2nc(-c3cccc(NC(=O)Cc4ccc(F)cc4)c3)cn12. The summed E-state index contributed by atoms with van der Waals surface area (Å²) in [6, 6.07) is 13.6. The second-order valence-corrected chi connectivity index (χ2v) is 6.92. The van der Waals surface area contributed by atoms with Crippen LogP contribution in [-0.4, -0.2) is 15.3 Å². The van der Waals surface area contributed by atoms with E-state index in [1.165, 1.54) is 12.1 Å². The molecule has 130 valence electrons. The number of hydrogen-bond acceptors (Lipinski definition) is 3. The van der Waals surface area contributed by atoms with Gasteiger partial charge in [0.2, 0.25) is 5.91 Å². The first-order valence-electron chi connectivity index (χ1n) is 8.16. The van der Waals surface area contributed by atoms with Crippen LogP contribution in [0.25, 0.3) is 16.2 Å². The third kappa shape index (κ3) is 3.36. The molecule has 4 nitrogen and oxygen atoms in total. The molecule has 0 aliphatic heterocycles. The van der Waals surface area contributed by atoms with E-state index in [0.29, 0.717) is 5.69 Å². The molecule has 0 aliphatic carbocycles. The Morgan fingerprint density at radius 3 is 2.81 bits per heavy atom. The van der Waals surface area contributed by atoms with Gasteiger partial charge in [-0.15, -0.1) is 11.3 Å². The Kier molecular flexibility index (Phi) is 4.26. The highest BCUT2D eigenvalue weighted by Gasteiger charge is 2.09. The van der Waals surface area contributed by atoms with E-state index in [-0.39, 0.29) is 18.1 Å². The summed E-state index contributed by atoms with van der Waals surface area (Å²) in [4.78, 5) is 17.8. The zero-order valence-electron chi connectivity index (χ0n) is 14.1. The molecule has 0 atom stereocenters. The van der Waals surface area contributed by atoms with Crippen LogP contribution in [0.4, 0.5) is 10.1 Å². The maximum Gasteiger partial charge on any atom is 0.228 e. The van der Waals surface area contributed by atoms with Crippen molar-refractivity contribution in [2.24, 2.45) is 0 Å². The van der Waals surface area contributed by atoms with Crippen molar-refractivity contribution in [1.29, 1.82) is 0 Å². The Labute approximate surface area is 153 Å². The normalized spacial score (nSPS) is 11.0. The second kappa shape index (κ2) is 6.72. The van der Waals surface area contributed by atoms with Crippen LogP contribution in [0, 0.1) is 12.7 Å². The Morgan fingerprint density at radius 2 is 2.04 bits per heavy atom. The summed E-state index contributed by atoms with van der Waals surface area (Å²) >= 11 is 1.60. The molecule has 26 heavy (non-hydrogen) atoms. The fraction of sp³-hybridized carbons (Fsp3) is 0.100. The number of aryl methyl sites for hydroxylation is 1. The fourth-order valence-corrected chi connectivity index (χ4v) is 3.63. The van der Waals surface area contributed by atoms with Crippen LogP contribution in [0.2, 0.25) is 0 Å². The molecular weight excluding hydrogens is 349 g/mol. The first kappa shape index (κ1) is 16.5. The number of carbonyl (C=O) groups excluding carboxylic acids is 1. The molecule has 0 spiro atoms. The predicted molar refractivity (Wildman–Crippen MR) is 102 cm³/mol. The lowest BCUT2D eigenvalue weighted by atomic mass is 10.1. The van der Waals surface area contributed by atoms with E-state index in [1.807, 2.05) is 37.4 Å². The van der Waals surface area contributed by atoms with Gasteiger partial charge in [0.05, 0.1) is 12.1 Å². The topological polar surface area (TPSA) is 46.4 Å². The van der Waals surface area contributed by atoms with Gasteiger partial charge in [-0.2, -0.15) is 0 Å². The number of amides is 1. The van der Waals surface area contributed by atoms with Crippen LogP contribution in [0.1, 0.15) is 11.3 Å². The van der Waals surface area contributed by atoms with E-state index < -0.39 is 0 Å². The van der Waals surface area contributed by atoms with Gasteiger partial charge in [0, 0.05) is 28.5 Å². The Morgan fingerprint density at radius 1 is 1.23 bits per heavy atom. The number of hydrogen-bond donors (Lipinski definition) is 1. The lowest BCUT2D eigenvalue weighted by Gasteiger charge is -2.07. The third-order valence-corrected chi connectivity index (χ3v) is 5.07. The average molecular weight is 365 g/mol. The first-order valence-corrected chi connectivity index (χ1v) is 9.04. The molecule has 2 aromatic heterocycles. The number of carbonyl (C=O) groups is 1. The standard InChI is InChI=1S/C20H16FN3OS/c1-13-12-26-20-23-18(11-24(13)20)15-3-2-4-17(10-15)22-19(25)9-14-5-7-16(21)8-6-14/h2-8,10-12H,9H2,1H3,(H,22,25). The maximum atomic E-state index is 12.9. The lowest BCUT2D eigenvalue weighted by molar-refractivity contribution is -0.115. The maximum absolute atomic E-state index is 12.9. The smallest absolute Gasteiger partial charge is 0.228 e. The van der Waals surface area contributed by atoms with Gasteiger partial charge in [-0.1, -0.05) is 24.3 Å². The lowest BCUT2D eigenvalue weighted by Crippen LogP contribution is -2.14. The van der Waals surface area contributed by atoms with Crippen LogP contribution in [0.5, 0.6) is 0 Å². The molecule has 0 bridgehead atoms. The molecular formula is C20H16FN3OS. The van der Waals surface area contributed by atoms with E-state index in [4.69, 9.17) is 0 Å². The minimum atomic E-state index is -0.308. The van der Waals surface area contributed by atoms with Gasteiger partial charge in [-0.05, 0) is 36.8 Å². The quantitative estimate of drug-likeness (QED) is 0.570. The number of halogens is 1. The molecule has 6 heteroatoms. The van der Waals surface area contributed by atoms with Gasteiger partial charge in [0.15, 0.2) is 4.96 Å². The van der Waals surface area contributed by atoms with Crippen LogP contribution < -0.4 is 5.32 Å². The van der Waals surface area contributed by atoms with Crippen LogP contribution in [0.15, 0.2) is 60.1 Å². The highest BCUT2D eigenvalue weighted by atomic mass is 32.1. The van der Waals surface area contributed by atoms with Crippen molar-refractivity contribution in [2.45, 2.75) is 13.3 Å². The third-order valence-electron chi connectivity index (χ3n) is 4.11. The number of benzene rings is 2. The van der Waals surface area contributed by atoms with Gasteiger partial charge in [-0.3, -0.25) is 9.20 Å². The molecule has 1 amide bonds. The number of anilines is 1. The minimum Gasteiger partial charge on any atom is -0.326 e. The van der Waals surface area contributed by atoms with Crippen molar-refractivity contribution in [3.63, 3.8) is 0 Å². The van der Waals surface area contributed by atoms with Crippen molar-refractivity contribution >= 4 is 27.9 Å². The fourth-order valence-electron chi connectivity index (χ4n) is 2.78. The van der Waals surface area contributed by atoms with Gasteiger partial charge in [0.1, 0.15) is 5.82 Å². The van der Waals surface area contributed by atoms with E-state index in [1.54, 1.807) is 23.5 Å². The summed E-state index contributed by atoms with van der Waals surface area (Å²) in [5, 5.41) is 4.96. The summed E-state index contributed by atoms with van der Waals surface area (Å²) in [7, 11) is 0. The van der Waals surface area contributed by atoms with Crippen molar-refractivity contribution in [3.05, 3.63) is 77.2 Å². The number of fused-ring (bicyclic) bond motifs is 1. The molecule has 0 fully saturated rings. The molecule has 0 unspecified atom stereocenters. The van der Waals surface area contributed by atoms with E-state index in [2.05, 4.69) is 20.1 Å². The average Bonchev–Trinajstić information content (AvgIpc) is 3.20. The van der Waals surface area contributed by atoms with Crippen molar-refractivity contribution in [3.8, 4) is 11.3 Å². The summed E-state index contributed by atoms with van der Waals surface area (Å²) in [6.07, 6.45) is 2.20. The zero-order valence-corrected chi connectivity index (χ0v) is 14.9. The number of nitrogens with zero attached hydrogens (tertiary/aromatic N) is 2. The highest BCUT2D eigenvalue weighted by Crippen LogP contribution is 2.25. The van der Waals surface area contributed by atoms with Gasteiger partial charge in [0.25, 0.3) is 0 Å². The molecule has 0 radical (unpaired) electrons. The highest BCUT2D eigenvalue weighted by molar-refractivity contribution is 7.15. The van der Waals surface area contributed by atoms with E-state index in [0.717, 1.165) is 27.5 Å².